The van der Waals surface area contributed by atoms with Gasteiger partial charge < -0.3 is 4.42 Å². The van der Waals surface area contributed by atoms with Crippen LogP contribution < -0.4 is 5.76 Å². The number of hydrogen-bond donors (Lipinski definition) is 0. The van der Waals surface area contributed by atoms with Gasteiger partial charge in [-0.2, -0.15) is 0 Å². The van der Waals surface area contributed by atoms with E-state index in [0.29, 0.717) is 11.2 Å². The van der Waals surface area contributed by atoms with Crippen molar-refractivity contribution in [1.82, 2.24) is 9.55 Å². The van der Waals surface area contributed by atoms with E-state index in [-0.39, 0.29) is 5.88 Å². The molecule has 0 aliphatic heterocycles. The fraction of sp³-hybridized carbons (Fsp3) is 0.250. The van der Waals surface area contributed by atoms with Gasteiger partial charge >= 0.3 is 5.76 Å². The van der Waals surface area contributed by atoms with Crippen LogP contribution in [0.3, 0.4) is 0 Å². The van der Waals surface area contributed by atoms with E-state index in [1.165, 1.54) is 4.57 Å². The lowest BCUT2D eigenvalue weighted by Gasteiger charge is -2.04. The number of alkyl halides is 2. The van der Waals surface area contributed by atoms with Crippen molar-refractivity contribution in [2.75, 3.05) is 5.88 Å². The zero-order chi connectivity index (χ0) is 11.0. The largest absolute Gasteiger partial charge is 0.422 e. The molecule has 0 bridgehead atoms. The number of aromatic nitrogens is 2. The molecular formula is C8H5BrCl2N2O2. The molecule has 4 nitrogen and oxygen atoms in total. The highest BCUT2D eigenvalue weighted by molar-refractivity contribution is 9.10. The van der Waals surface area contributed by atoms with Gasteiger partial charge in [0.05, 0.1) is 5.88 Å². The van der Waals surface area contributed by atoms with Crippen LogP contribution in [0.1, 0.15) is 5.50 Å². The third-order valence-electron chi connectivity index (χ3n) is 1.83. The second kappa shape index (κ2) is 4.15. The van der Waals surface area contributed by atoms with Crippen molar-refractivity contribution in [2.24, 2.45) is 0 Å². The van der Waals surface area contributed by atoms with Crippen molar-refractivity contribution in [2.45, 2.75) is 5.50 Å². The second-order valence-electron chi connectivity index (χ2n) is 2.80. The van der Waals surface area contributed by atoms with Gasteiger partial charge in [-0.05, 0) is 15.9 Å². The molecule has 2 heterocycles. The van der Waals surface area contributed by atoms with Crippen molar-refractivity contribution in [3.05, 3.63) is 27.3 Å². The maximum atomic E-state index is 11.4. The predicted molar refractivity (Wildman–Crippen MR) is 61.6 cm³/mol. The van der Waals surface area contributed by atoms with Gasteiger partial charge in [0, 0.05) is 16.7 Å². The number of halogens is 3. The Kier molecular flexibility index (Phi) is 3.04. The highest BCUT2D eigenvalue weighted by Gasteiger charge is 2.16. The predicted octanol–water partition coefficient (Wildman–Crippen LogP) is 2.73. The number of fused-ring (bicyclic) bond motifs is 1. The highest BCUT2D eigenvalue weighted by atomic mass is 79.9. The Labute approximate surface area is 103 Å². The smallest absolute Gasteiger partial charge is 0.406 e. The van der Waals surface area contributed by atoms with Crippen LogP contribution in [0.25, 0.3) is 11.2 Å². The molecule has 0 aromatic carbocycles. The van der Waals surface area contributed by atoms with E-state index in [9.17, 15) is 4.79 Å². The van der Waals surface area contributed by atoms with Gasteiger partial charge in [-0.15, -0.1) is 11.6 Å². The first-order valence-electron chi connectivity index (χ1n) is 4.00. The Morgan fingerprint density at radius 2 is 2.40 bits per heavy atom. The molecule has 0 spiro atoms. The summed E-state index contributed by atoms with van der Waals surface area (Å²) in [5.41, 5.74) is 0.114. The van der Waals surface area contributed by atoms with Crippen LogP contribution in [0.15, 0.2) is 25.9 Å². The SMILES string of the molecule is O=c1oc2cc(Br)cnc2n1C(Cl)CCl. The van der Waals surface area contributed by atoms with Gasteiger partial charge in [0.15, 0.2) is 11.2 Å². The van der Waals surface area contributed by atoms with E-state index >= 15 is 0 Å². The van der Waals surface area contributed by atoms with Gasteiger partial charge in [0.1, 0.15) is 5.50 Å². The van der Waals surface area contributed by atoms with Gasteiger partial charge in [-0.25, -0.2) is 14.3 Å². The maximum Gasteiger partial charge on any atom is 0.422 e. The monoisotopic (exact) mass is 310 g/mol. The Morgan fingerprint density at radius 1 is 1.67 bits per heavy atom. The summed E-state index contributed by atoms with van der Waals surface area (Å²) in [6.07, 6.45) is 1.56. The van der Waals surface area contributed by atoms with E-state index < -0.39 is 11.3 Å². The average Bonchev–Trinajstić information content (AvgIpc) is 2.52. The van der Waals surface area contributed by atoms with Gasteiger partial charge in [0.25, 0.3) is 0 Å². The molecule has 0 aliphatic rings. The summed E-state index contributed by atoms with van der Waals surface area (Å²) in [5, 5.41) is 0. The minimum Gasteiger partial charge on any atom is -0.406 e. The second-order valence-corrected chi connectivity index (χ2v) is 4.53. The lowest BCUT2D eigenvalue weighted by Crippen LogP contribution is -2.18. The fourth-order valence-corrected chi connectivity index (χ4v) is 1.84. The fourth-order valence-electron chi connectivity index (χ4n) is 1.22. The molecule has 2 aromatic rings. The van der Waals surface area contributed by atoms with Crippen LogP contribution in [0.4, 0.5) is 0 Å². The van der Waals surface area contributed by atoms with Crippen LogP contribution in [0, 0.1) is 0 Å². The lowest BCUT2D eigenvalue weighted by molar-refractivity contribution is 0.508. The van der Waals surface area contributed by atoms with E-state index in [0.717, 1.165) is 4.47 Å². The average molecular weight is 312 g/mol. The Hall–Kier alpha value is -0.520. The minimum absolute atomic E-state index is 0.105. The molecule has 0 saturated heterocycles. The number of rotatable bonds is 2. The molecule has 1 atom stereocenters. The van der Waals surface area contributed by atoms with E-state index in [2.05, 4.69) is 20.9 Å². The molecule has 7 heteroatoms. The van der Waals surface area contributed by atoms with Gasteiger partial charge in [-0.3, -0.25) is 0 Å². The molecule has 15 heavy (non-hydrogen) atoms. The molecule has 0 aliphatic carbocycles. The van der Waals surface area contributed by atoms with Gasteiger partial charge in [-0.1, -0.05) is 11.6 Å². The molecule has 0 fully saturated rings. The molecule has 1 unspecified atom stereocenters. The van der Waals surface area contributed by atoms with Crippen LogP contribution in [0.5, 0.6) is 0 Å². The molecule has 2 rings (SSSR count). The molecule has 0 saturated carbocycles. The summed E-state index contributed by atoms with van der Waals surface area (Å²) < 4.78 is 6.92. The molecular weight excluding hydrogens is 307 g/mol. The number of nitrogens with zero attached hydrogens (tertiary/aromatic N) is 2. The minimum atomic E-state index is -0.658. The van der Waals surface area contributed by atoms with Crippen molar-refractivity contribution < 1.29 is 4.42 Å². The van der Waals surface area contributed by atoms with Gasteiger partial charge in [0.2, 0.25) is 0 Å². The standard InChI is InChI=1S/C8H5BrCl2N2O2/c9-4-1-5-7(12-3-4)13(6(11)2-10)8(14)15-5/h1,3,6H,2H2. The summed E-state index contributed by atoms with van der Waals surface area (Å²) in [7, 11) is 0. The van der Waals surface area contributed by atoms with E-state index in [1.807, 2.05) is 0 Å². The first-order valence-corrected chi connectivity index (χ1v) is 5.76. The third-order valence-corrected chi connectivity index (χ3v) is 3.06. The Bertz CT molecular complexity index is 551. The zero-order valence-corrected chi connectivity index (χ0v) is 10.4. The first kappa shape index (κ1) is 11.0. The zero-order valence-electron chi connectivity index (χ0n) is 7.28. The molecule has 0 N–H and O–H groups in total. The van der Waals surface area contributed by atoms with Crippen molar-refractivity contribution in [3.8, 4) is 0 Å². The van der Waals surface area contributed by atoms with Crippen LogP contribution >= 0.6 is 39.1 Å². The van der Waals surface area contributed by atoms with Crippen LogP contribution in [0.2, 0.25) is 0 Å². The number of pyridine rings is 1. The van der Waals surface area contributed by atoms with Crippen molar-refractivity contribution in [3.63, 3.8) is 0 Å². The quantitative estimate of drug-likeness (QED) is 0.801. The summed E-state index contributed by atoms with van der Waals surface area (Å²) in [4.78, 5) is 15.5. The summed E-state index contributed by atoms with van der Waals surface area (Å²) >= 11 is 14.7. The third kappa shape index (κ3) is 1.91. The lowest BCUT2D eigenvalue weighted by atomic mass is 10.4. The highest BCUT2D eigenvalue weighted by Crippen LogP contribution is 2.21. The molecule has 80 valence electrons. The summed E-state index contributed by atoms with van der Waals surface area (Å²) in [6, 6.07) is 1.65. The molecule has 0 radical (unpaired) electrons. The van der Waals surface area contributed by atoms with Crippen LogP contribution in [-0.2, 0) is 0 Å². The Balaban J connectivity index is 2.74. The Morgan fingerprint density at radius 3 is 3.07 bits per heavy atom. The number of oxazole rings is 1. The molecule has 0 amide bonds. The van der Waals surface area contributed by atoms with Crippen molar-refractivity contribution >= 4 is 50.4 Å². The van der Waals surface area contributed by atoms with Crippen molar-refractivity contribution in [1.29, 1.82) is 0 Å². The normalized spacial score (nSPS) is 13.3. The first-order chi connectivity index (χ1) is 7.13. The molecule has 2 aromatic heterocycles. The topological polar surface area (TPSA) is 48.0 Å². The summed E-state index contributed by atoms with van der Waals surface area (Å²) in [6.45, 7) is 0. The van der Waals surface area contributed by atoms with Crippen LogP contribution in [-0.4, -0.2) is 15.4 Å². The summed E-state index contributed by atoms with van der Waals surface area (Å²) in [5.74, 6) is -0.454. The van der Waals surface area contributed by atoms with E-state index in [4.69, 9.17) is 27.6 Å². The number of hydrogen-bond acceptors (Lipinski definition) is 3. The maximum absolute atomic E-state index is 11.4. The van der Waals surface area contributed by atoms with E-state index in [1.54, 1.807) is 12.3 Å².